The second-order valence-electron chi connectivity index (χ2n) is 4.12. The molecule has 96 valence electrons. The van der Waals surface area contributed by atoms with Crippen molar-refractivity contribution in [3.05, 3.63) is 35.6 Å². The minimum Gasteiger partial charge on any atom is -0.309 e. The van der Waals surface area contributed by atoms with Gasteiger partial charge in [0.05, 0.1) is 5.75 Å². The first-order chi connectivity index (χ1) is 7.94. The average Bonchev–Trinajstić information content (AvgIpc) is 2.23. The van der Waals surface area contributed by atoms with Crippen LogP contribution < -0.4 is 5.32 Å². The Balaban J connectivity index is 2.94. The third-order valence-corrected chi connectivity index (χ3v) is 3.33. The monoisotopic (exact) mass is 259 g/mol. The molecule has 0 radical (unpaired) electrons. The van der Waals surface area contributed by atoms with Crippen LogP contribution in [-0.2, 0) is 9.84 Å². The highest BCUT2D eigenvalue weighted by Crippen LogP contribution is 2.18. The Hall–Kier alpha value is -0.940. The van der Waals surface area contributed by atoms with Crippen molar-refractivity contribution in [2.75, 3.05) is 18.6 Å². The minimum absolute atomic E-state index is 0.0894. The van der Waals surface area contributed by atoms with E-state index in [1.807, 2.05) is 6.92 Å². The number of sulfone groups is 1. The van der Waals surface area contributed by atoms with Gasteiger partial charge in [-0.2, -0.15) is 0 Å². The van der Waals surface area contributed by atoms with Crippen molar-refractivity contribution in [2.24, 2.45) is 0 Å². The Bertz CT molecular complexity index is 459. The van der Waals surface area contributed by atoms with Gasteiger partial charge in [0.25, 0.3) is 0 Å². The van der Waals surface area contributed by atoms with E-state index in [4.69, 9.17) is 0 Å². The molecule has 1 unspecified atom stereocenters. The van der Waals surface area contributed by atoms with Crippen LogP contribution in [0.1, 0.15) is 24.9 Å². The smallest absolute Gasteiger partial charge is 0.149 e. The number of benzene rings is 1. The fourth-order valence-corrected chi connectivity index (χ4v) is 2.54. The van der Waals surface area contributed by atoms with Crippen LogP contribution in [0.25, 0.3) is 0 Å². The summed E-state index contributed by atoms with van der Waals surface area (Å²) < 4.78 is 36.3. The predicted octanol–water partition coefficient (Wildman–Crippen LogP) is 1.91. The van der Waals surface area contributed by atoms with Crippen LogP contribution >= 0.6 is 0 Å². The van der Waals surface area contributed by atoms with Gasteiger partial charge in [0.2, 0.25) is 0 Å². The number of rotatable bonds is 6. The summed E-state index contributed by atoms with van der Waals surface area (Å²) in [6, 6.07) is 5.79. The highest BCUT2D eigenvalue weighted by molar-refractivity contribution is 7.90. The van der Waals surface area contributed by atoms with Crippen molar-refractivity contribution >= 4 is 9.84 Å². The molecular weight excluding hydrogens is 241 g/mol. The molecule has 0 aromatic heterocycles. The van der Waals surface area contributed by atoms with E-state index in [9.17, 15) is 12.8 Å². The van der Waals surface area contributed by atoms with Gasteiger partial charge in [-0.05, 0) is 19.0 Å². The first kappa shape index (κ1) is 14.1. The van der Waals surface area contributed by atoms with Gasteiger partial charge in [-0.3, -0.25) is 0 Å². The second-order valence-corrected chi connectivity index (χ2v) is 6.31. The summed E-state index contributed by atoms with van der Waals surface area (Å²) >= 11 is 0. The zero-order valence-corrected chi connectivity index (χ0v) is 10.9. The quantitative estimate of drug-likeness (QED) is 0.849. The van der Waals surface area contributed by atoms with E-state index < -0.39 is 15.9 Å². The summed E-state index contributed by atoms with van der Waals surface area (Å²) in [4.78, 5) is 0. The minimum atomic E-state index is -3.15. The molecule has 3 nitrogen and oxygen atoms in total. The molecule has 1 N–H and O–H groups in total. The molecule has 0 spiro atoms. The highest BCUT2D eigenvalue weighted by Gasteiger charge is 2.19. The summed E-state index contributed by atoms with van der Waals surface area (Å²) in [6.45, 7) is 2.64. The lowest BCUT2D eigenvalue weighted by atomic mass is 10.1. The molecular formula is C12H18FNO2S. The van der Waals surface area contributed by atoms with E-state index in [-0.39, 0.29) is 11.6 Å². The van der Waals surface area contributed by atoms with Crippen LogP contribution in [0.2, 0.25) is 0 Å². The molecule has 5 heteroatoms. The van der Waals surface area contributed by atoms with Crippen molar-refractivity contribution in [1.82, 2.24) is 5.32 Å². The van der Waals surface area contributed by atoms with Crippen LogP contribution in [0, 0.1) is 5.82 Å². The van der Waals surface area contributed by atoms with Gasteiger partial charge in [0, 0.05) is 17.9 Å². The van der Waals surface area contributed by atoms with Crippen molar-refractivity contribution in [2.45, 2.75) is 19.4 Å². The molecule has 17 heavy (non-hydrogen) atoms. The summed E-state index contributed by atoms with van der Waals surface area (Å²) in [6.07, 6.45) is 2.03. The molecule has 0 fully saturated rings. The molecule has 0 saturated carbocycles. The van der Waals surface area contributed by atoms with Gasteiger partial charge >= 0.3 is 0 Å². The van der Waals surface area contributed by atoms with Crippen LogP contribution in [-0.4, -0.2) is 27.0 Å². The number of hydrogen-bond donors (Lipinski definition) is 1. The fraction of sp³-hybridized carbons (Fsp3) is 0.500. The number of halogens is 1. The molecule has 0 amide bonds. The van der Waals surface area contributed by atoms with Crippen molar-refractivity contribution < 1.29 is 12.8 Å². The summed E-state index contributed by atoms with van der Waals surface area (Å²) in [5.41, 5.74) is 0.409. The first-order valence-electron chi connectivity index (χ1n) is 5.59. The van der Waals surface area contributed by atoms with Crippen LogP contribution in [0.4, 0.5) is 4.39 Å². The van der Waals surface area contributed by atoms with E-state index in [0.717, 1.165) is 12.7 Å². The van der Waals surface area contributed by atoms with Gasteiger partial charge in [-0.15, -0.1) is 0 Å². The zero-order chi connectivity index (χ0) is 12.9. The predicted molar refractivity (Wildman–Crippen MR) is 67.1 cm³/mol. The van der Waals surface area contributed by atoms with Crippen LogP contribution in [0.15, 0.2) is 24.3 Å². The third-order valence-electron chi connectivity index (χ3n) is 2.39. The van der Waals surface area contributed by atoms with Crippen molar-refractivity contribution in [3.8, 4) is 0 Å². The third kappa shape index (κ3) is 4.83. The first-order valence-corrected chi connectivity index (χ1v) is 7.65. The summed E-state index contributed by atoms with van der Waals surface area (Å²) in [5, 5.41) is 3.06. The molecule has 0 aliphatic rings. The van der Waals surface area contributed by atoms with Gasteiger partial charge in [-0.1, -0.05) is 25.1 Å². The second kappa shape index (κ2) is 6.12. The van der Waals surface area contributed by atoms with E-state index in [2.05, 4.69) is 5.32 Å². The maximum absolute atomic E-state index is 13.6. The average molecular weight is 259 g/mol. The number of nitrogens with one attached hydrogen (secondary N) is 1. The Morgan fingerprint density at radius 1 is 1.35 bits per heavy atom. The van der Waals surface area contributed by atoms with Crippen molar-refractivity contribution in [3.63, 3.8) is 0 Å². The lowest BCUT2D eigenvalue weighted by molar-refractivity contribution is 0.519. The Labute approximate surface area is 102 Å². The highest BCUT2D eigenvalue weighted by atomic mass is 32.2. The zero-order valence-electron chi connectivity index (χ0n) is 10.1. The van der Waals surface area contributed by atoms with Gasteiger partial charge in [-0.25, -0.2) is 12.8 Å². The van der Waals surface area contributed by atoms with E-state index >= 15 is 0 Å². The normalized spacial score (nSPS) is 13.6. The Morgan fingerprint density at radius 2 is 2.00 bits per heavy atom. The molecule has 1 aromatic rings. The molecule has 0 saturated heterocycles. The maximum Gasteiger partial charge on any atom is 0.149 e. The maximum atomic E-state index is 13.6. The van der Waals surface area contributed by atoms with Crippen LogP contribution in [0.5, 0.6) is 0 Å². The fourth-order valence-electron chi connectivity index (χ4n) is 1.64. The summed E-state index contributed by atoms with van der Waals surface area (Å²) in [7, 11) is -3.15. The van der Waals surface area contributed by atoms with Gasteiger partial charge in [0.1, 0.15) is 15.7 Å². The Kier molecular flexibility index (Phi) is 5.08. The SMILES string of the molecule is CCCNC(CS(C)(=O)=O)c1ccccc1F. The Morgan fingerprint density at radius 3 is 2.53 bits per heavy atom. The van der Waals surface area contributed by atoms with E-state index in [1.54, 1.807) is 18.2 Å². The molecule has 1 aromatic carbocycles. The molecule has 1 atom stereocenters. The van der Waals surface area contributed by atoms with Crippen molar-refractivity contribution in [1.29, 1.82) is 0 Å². The molecule has 0 heterocycles. The van der Waals surface area contributed by atoms with E-state index in [1.165, 1.54) is 6.07 Å². The lowest BCUT2D eigenvalue weighted by Crippen LogP contribution is -2.29. The largest absolute Gasteiger partial charge is 0.309 e. The van der Waals surface area contributed by atoms with Gasteiger partial charge < -0.3 is 5.32 Å². The van der Waals surface area contributed by atoms with Gasteiger partial charge in [0.15, 0.2) is 0 Å². The molecule has 0 aliphatic heterocycles. The topological polar surface area (TPSA) is 46.2 Å². The number of hydrogen-bond acceptors (Lipinski definition) is 3. The summed E-state index contributed by atoms with van der Waals surface area (Å²) in [5.74, 6) is -0.460. The molecule has 0 bridgehead atoms. The standard InChI is InChI=1S/C12H18FNO2S/c1-3-8-14-12(9-17(2,15)16)10-6-4-5-7-11(10)13/h4-7,12,14H,3,8-9H2,1-2H3. The molecule has 1 rings (SSSR count). The lowest BCUT2D eigenvalue weighted by Gasteiger charge is -2.18. The molecule has 0 aliphatic carbocycles. The van der Waals surface area contributed by atoms with Crippen LogP contribution in [0.3, 0.4) is 0 Å². The van der Waals surface area contributed by atoms with E-state index in [0.29, 0.717) is 12.1 Å².